The fraction of sp³-hybridized carbons (Fsp3) is 0.750. The van der Waals surface area contributed by atoms with Gasteiger partial charge in [0, 0.05) is 47.8 Å². The third-order valence-corrected chi connectivity index (χ3v) is 0. The summed E-state index contributed by atoms with van der Waals surface area (Å²) in [7, 11) is 0. The van der Waals surface area contributed by atoms with E-state index in [0.29, 0.717) is 0 Å². The zero-order valence-corrected chi connectivity index (χ0v) is 18.6. The molecule has 0 radical (unpaired) electrons. The van der Waals surface area contributed by atoms with Crippen LogP contribution in [0.1, 0.15) is 69.2 Å². The summed E-state index contributed by atoms with van der Waals surface area (Å²) in [5.41, 5.74) is 0. The van der Waals surface area contributed by atoms with Gasteiger partial charge in [0.2, 0.25) is 0 Å². The molecule has 0 aliphatic heterocycles. The quantitative estimate of drug-likeness (QED) is 0.449. The first-order valence-corrected chi connectivity index (χ1v) is 7.09. The number of hydrogen-bond acceptors (Lipinski definition) is 6. The number of ketones is 2. The zero-order valence-electron chi connectivity index (χ0n) is 17.1. The molecule has 0 saturated heterocycles. The van der Waals surface area contributed by atoms with E-state index in [1.807, 2.05) is 0 Å². The number of aliphatic hydroxyl groups is 2. The van der Waals surface area contributed by atoms with Crippen LogP contribution in [0, 0.1) is 0 Å². The first-order chi connectivity index (χ1) is 10.4. The third kappa shape index (κ3) is 8500. The number of carboxylic acids is 2. The van der Waals surface area contributed by atoms with Gasteiger partial charge < -0.3 is 30.0 Å². The Morgan fingerprint density at radius 3 is 0.560 bits per heavy atom. The Balaban J connectivity index is -0.0000000309. The minimum atomic E-state index is -0.833. The van der Waals surface area contributed by atoms with Crippen LogP contribution in [0.4, 0.5) is 0 Å². The van der Waals surface area contributed by atoms with Gasteiger partial charge in [-0.05, 0) is 55.4 Å². The molecule has 0 fully saturated rings. The van der Waals surface area contributed by atoms with Gasteiger partial charge >= 0.3 is 0 Å². The average Bonchev–Trinajstić information content (AvgIpc) is 2.08. The second-order valence-electron chi connectivity index (χ2n) is 5.04. The Labute approximate surface area is 166 Å². The van der Waals surface area contributed by atoms with Crippen LogP contribution >= 0.6 is 0 Å². The number of hydrogen-bond donors (Lipinski definition) is 4. The first-order valence-electron chi connectivity index (χ1n) is 7.09. The molecule has 4 N–H and O–H groups in total. The van der Waals surface area contributed by atoms with Crippen LogP contribution in [-0.4, -0.2) is 56.1 Å². The summed E-state index contributed by atoms with van der Waals surface area (Å²) in [5, 5.41) is 30.9. The number of Topliss-reactive ketones (excluding diaryl/α,β-unsaturated/α-hetero) is 2. The molecule has 9 heteroatoms. The standard InChI is InChI=1S/2C3H8O.2C3H6O.2C2H4O2.Ti/c4*1-3(2)4;2*1-2(3)4;/h2*3-4H,1-2H3;2*1-2H3;2*1H3,(H,3,4);. The van der Waals surface area contributed by atoms with Crippen LogP contribution < -0.4 is 0 Å². The van der Waals surface area contributed by atoms with Crippen molar-refractivity contribution in [2.24, 2.45) is 0 Å². The summed E-state index contributed by atoms with van der Waals surface area (Å²) >= 11 is 0. The average molecular weight is 404 g/mol. The summed E-state index contributed by atoms with van der Waals surface area (Å²) in [6.07, 6.45) is -0.333. The molecule has 0 amide bonds. The molecule has 0 aliphatic carbocycles. The van der Waals surface area contributed by atoms with E-state index in [0.717, 1.165) is 13.8 Å². The Hall–Kier alpha value is -1.09. The molecule has 8 nitrogen and oxygen atoms in total. The van der Waals surface area contributed by atoms with Gasteiger partial charge in [0.25, 0.3) is 11.9 Å². The maximum atomic E-state index is 9.44. The number of aliphatic hydroxyl groups excluding tert-OH is 2. The number of carbonyl (C=O) groups is 4. The monoisotopic (exact) mass is 404 g/mol. The van der Waals surface area contributed by atoms with Gasteiger partial charge in [0.1, 0.15) is 11.6 Å². The summed E-state index contributed by atoms with van der Waals surface area (Å²) in [6, 6.07) is 0. The van der Waals surface area contributed by atoms with Crippen LogP contribution in [0.5, 0.6) is 0 Å². The Kier molecular flexibility index (Phi) is 67.5. The Morgan fingerprint density at radius 1 is 0.560 bits per heavy atom. The molecule has 0 bridgehead atoms. The molecule has 0 aliphatic rings. The van der Waals surface area contributed by atoms with Crippen LogP contribution in [-0.2, 0) is 40.9 Å². The van der Waals surface area contributed by atoms with Crippen LogP contribution in [0.2, 0.25) is 0 Å². The fourth-order valence-electron chi connectivity index (χ4n) is 0. The molecular formula is C16H36O8Ti. The van der Waals surface area contributed by atoms with Crippen molar-refractivity contribution in [3.8, 4) is 0 Å². The van der Waals surface area contributed by atoms with E-state index in [4.69, 9.17) is 30.0 Å². The van der Waals surface area contributed by atoms with Gasteiger partial charge in [0.05, 0.1) is 0 Å². The summed E-state index contributed by atoms with van der Waals surface area (Å²) < 4.78 is 0. The van der Waals surface area contributed by atoms with E-state index in [-0.39, 0.29) is 45.5 Å². The van der Waals surface area contributed by atoms with Gasteiger partial charge in [-0.1, -0.05) is 0 Å². The largest absolute Gasteiger partial charge is 0.481 e. The number of rotatable bonds is 0. The Bertz CT molecular complexity index is 227. The van der Waals surface area contributed by atoms with E-state index in [2.05, 4.69) is 0 Å². The molecule has 0 atom stereocenters. The van der Waals surface area contributed by atoms with Crippen LogP contribution in [0.15, 0.2) is 0 Å². The topological polar surface area (TPSA) is 149 Å². The van der Waals surface area contributed by atoms with E-state index in [1.54, 1.807) is 27.7 Å². The second kappa shape index (κ2) is 38.5. The molecule has 0 heterocycles. The van der Waals surface area contributed by atoms with Crippen molar-refractivity contribution in [1.82, 2.24) is 0 Å². The molecule has 0 rings (SSSR count). The predicted molar refractivity (Wildman–Crippen MR) is 94.0 cm³/mol. The van der Waals surface area contributed by atoms with E-state index >= 15 is 0 Å². The first kappa shape index (κ1) is 43.9. The van der Waals surface area contributed by atoms with Crippen molar-refractivity contribution >= 4 is 23.5 Å². The predicted octanol–water partition coefficient (Wildman–Crippen LogP) is 2.14. The third-order valence-electron chi connectivity index (χ3n) is 0. The normalized spacial score (nSPS) is 6.96. The van der Waals surface area contributed by atoms with E-state index < -0.39 is 11.9 Å². The molecule has 152 valence electrons. The minimum Gasteiger partial charge on any atom is -0.481 e. The van der Waals surface area contributed by atoms with Crippen LogP contribution in [0.25, 0.3) is 0 Å². The number of carboxylic acid groups (broad SMARTS) is 2. The van der Waals surface area contributed by atoms with Gasteiger partial charge in [-0.25, -0.2) is 0 Å². The molecule has 0 aromatic heterocycles. The van der Waals surface area contributed by atoms with Crippen molar-refractivity contribution in [3.63, 3.8) is 0 Å². The van der Waals surface area contributed by atoms with Crippen molar-refractivity contribution in [2.45, 2.75) is 81.4 Å². The maximum Gasteiger partial charge on any atom is 0.300 e. The van der Waals surface area contributed by atoms with E-state index in [9.17, 15) is 9.59 Å². The molecule has 0 unspecified atom stereocenters. The van der Waals surface area contributed by atoms with Crippen molar-refractivity contribution < 1.29 is 61.3 Å². The SMILES string of the molecule is CC(=O)O.CC(=O)O.CC(C)=O.CC(C)=O.CC(C)O.CC(C)O.[Ti]. The molecule has 25 heavy (non-hydrogen) atoms. The van der Waals surface area contributed by atoms with Gasteiger partial charge in [-0.15, -0.1) is 0 Å². The second-order valence-corrected chi connectivity index (χ2v) is 5.04. The number of carbonyl (C=O) groups excluding carboxylic acids is 2. The number of aliphatic carboxylic acids is 2. The fourth-order valence-corrected chi connectivity index (χ4v) is 0. The van der Waals surface area contributed by atoms with E-state index in [1.165, 1.54) is 27.7 Å². The summed E-state index contributed by atoms with van der Waals surface area (Å²) in [5.74, 6) is -1.33. The molecular weight excluding hydrogens is 368 g/mol. The van der Waals surface area contributed by atoms with Crippen molar-refractivity contribution in [2.75, 3.05) is 0 Å². The van der Waals surface area contributed by atoms with Gasteiger partial charge in [-0.3, -0.25) is 9.59 Å². The maximum absolute atomic E-state index is 9.44. The molecule has 0 aromatic carbocycles. The van der Waals surface area contributed by atoms with Gasteiger partial charge in [-0.2, -0.15) is 0 Å². The summed E-state index contributed by atoms with van der Waals surface area (Å²) in [4.78, 5) is 36.9. The van der Waals surface area contributed by atoms with Crippen molar-refractivity contribution in [3.05, 3.63) is 0 Å². The minimum absolute atomic E-state index is 0. The zero-order chi connectivity index (χ0) is 21.5. The van der Waals surface area contributed by atoms with Crippen molar-refractivity contribution in [1.29, 1.82) is 0 Å². The molecule has 0 saturated carbocycles. The molecule has 0 aromatic rings. The van der Waals surface area contributed by atoms with Crippen LogP contribution in [0.3, 0.4) is 0 Å². The smallest absolute Gasteiger partial charge is 0.300 e. The van der Waals surface area contributed by atoms with Gasteiger partial charge in [0.15, 0.2) is 0 Å². The Morgan fingerprint density at radius 2 is 0.560 bits per heavy atom. The summed E-state index contributed by atoms with van der Waals surface area (Å²) in [6.45, 7) is 15.2. The molecule has 0 spiro atoms.